The molecule has 0 radical (unpaired) electrons. The standard InChI is InChI=1S/C20H16N6O3/c21-19(27)24-14-8-6-12(7-9-14)13-3-1-4-15(11-13)23-17-16-5-2-10-22-18(16)26(29)20(28)25-17/h1-11,29H,(H3,21,24,27)(H,23,25,28). The summed E-state index contributed by atoms with van der Waals surface area (Å²) in [6.07, 6.45) is 1.48. The maximum atomic E-state index is 11.9. The zero-order valence-corrected chi connectivity index (χ0v) is 15.0. The molecule has 9 nitrogen and oxygen atoms in total. The fourth-order valence-corrected chi connectivity index (χ4v) is 2.94. The first-order chi connectivity index (χ1) is 14.0. The highest BCUT2D eigenvalue weighted by Gasteiger charge is 2.11. The van der Waals surface area contributed by atoms with Gasteiger partial charge in [-0.2, -0.15) is 4.98 Å². The summed E-state index contributed by atoms with van der Waals surface area (Å²) in [4.78, 5) is 30.8. The van der Waals surface area contributed by atoms with Gasteiger partial charge >= 0.3 is 11.7 Å². The second-order valence-electron chi connectivity index (χ2n) is 6.20. The number of rotatable bonds is 4. The minimum Gasteiger partial charge on any atom is -0.422 e. The van der Waals surface area contributed by atoms with Gasteiger partial charge in [0.2, 0.25) is 0 Å². The highest BCUT2D eigenvalue weighted by Crippen LogP contribution is 2.27. The number of primary amides is 1. The Bertz CT molecular complexity index is 1270. The molecular weight excluding hydrogens is 372 g/mol. The van der Waals surface area contributed by atoms with Crippen molar-refractivity contribution in [1.82, 2.24) is 14.7 Å². The number of anilines is 3. The molecule has 0 fully saturated rings. The number of fused-ring (bicyclic) bond motifs is 1. The normalized spacial score (nSPS) is 10.6. The monoisotopic (exact) mass is 388 g/mol. The first-order valence-electron chi connectivity index (χ1n) is 8.62. The number of hydrogen-bond acceptors (Lipinski definition) is 6. The van der Waals surface area contributed by atoms with Gasteiger partial charge in [-0.15, -0.1) is 4.73 Å². The summed E-state index contributed by atoms with van der Waals surface area (Å²) in [7, 11) is 0. The van der Waals surface area contributed by atoms with Gasteiger partial charge in [-0.05, 0) is 47.5 Å². The van der Waals surface area contributed by atoms with E-state index < -0.39 is 11.7 Å². The van der Waals surface area contributed by atoms with Crippen LogP contribution in [0.25, 0.3) is 22.2 Å². The molecule has 2 amide bonds. The van der Waals surface area contributed by atoms with Crippen LogP contribution in [0.5, 0.6) is 0 Å². The second kappa shape index (κ2) is 7.31. The minimum atomic E-state index is -0.826. The van der Waals surface area contributed by atoms with Gasteiger partial charge in [0.05, 0.1) is 5.39 Å². The lowest BCUT2D eigenvalue weighted by atomic mass is 10.0. The molecule has 0 unspecified atom stereocenters. The van der Waals surface area contributed by atoms with E-state index in [0.717, 1.165) is 11.1 Å². The van der Waals surface area contributed by atoms with Crippen molar-refractivity contribution in [1.29, 1.82) is 0 Å². The second-order valence-corrected chi connectivity index (χ2v) is 6.20. The summed E-state index contributed by atoms with van der Waals surface area (Å²) in [6.45, 7) is 0. The van der Waals surface area contributed by atoms with Crippen LogP contribution in [0, 0.1) is 0 Å². The molecule has 0 bridgehead atoms. The summed E-state index contributed by atoms with van der Waals surface area (Å²) in [5.41, 5.74) is 7.55. The topological polar surface area (TPSA) is 135 Å². The fourth-order valence-electron chi connectivity index (χ4n) is 2.94. The minimum absolute atomic E-state index is 0.115. The molecule has 4 aromatic rings. The maximum absolute atomic E-state index is 11.9. The van der Waals surface area contributed by atoms with Crippen LogP contribution in [0.4, 0.5) is 22.0 Å². The molecule has 0 atom stereocenters. The molecule has 0 spiro atoms. The molecule has 2 heterocycles. The Morgan fingerprint density at radius 2 is 1.79 bits per heavy atom. The van der Waals surface area contributed by atoms with Crippen LogP contribution in [0.1, 0.15) is 0 Å². The van der Waals surface area contributed by atoms with Crippen molar-refractivity contribution in [3.8, 4) is 11.1 Å². The van der Waals surface area contributed by atoms with Crippen molar-refractivity contribution in [3.63, 3.8) is 0 Å². The Kier molecular flexibility index (Phi) is 4.54. The molecule has 144 valence electrons. The SMILES string of the molecule is NC(=O)Nc1ccc(-c2cccc(Nc3nc(=O)n(O)c4ncccc34)c2)cc1. The van der Waals surface area contributed by atoms with E-state index in [1.807, 2.05) is 36.4 Å². The van der Waals surface area contributed by atoms with Crippen LogP contribution in [-0.2, 0) is 0 Å². The summed E-state index contributed by atoms with van der Waals surface area (Å²) in [6, 6.07) is 17.5. The fraction of sp³-hybridized carbons (Fsp3) is 0. The summed E-state index contributed by atoms with van der Waals surface area (Å²) < 4.78 is 0.415. The smallest absolute Gasteiger partial charge is 0.384 e. The summed E-state index contributed by atoms with van der Waals surface area (Å²) in [5, 5.41) is 16.0. The highest BCUT2D eigenvalue weighted by molar-refractivity contribution is 5.89. The number of hydrogen-bond donors (Lipinski definition) is 4. The van der Waals surface area contributed by atoms with Crippen LogP contribution in [-0.4, -0.2) is 25.9 Å². The third-order valence-corrected chi connectivity index (χ3v) is 4.24. The Morgan fingerprint density at radius 1 is 1.00 bits per heavy atom. The number of nitrogens with two attached hydrogens (primary N) is 1. The van der Waals surface area contributed by atoms with E-state index in [1.165, 1.54) is 6.20 Å². The van der Waals surface area contributed by atoms with E-state index in [2.05, 4.69) is 20.6 Å². The van der Waals surface area contributed by atoms with Crippen molar-refractivity contribution in [3.05, 3.63) is 77.3 Å². The molecule has 0 aliphatic carbocycles. The van der Waals surface area contributed by atoms with Crippen molar-refractivity contribution in [2.75, 3.05) is 10.6 Å². The van der Waals surface area contributed by atoms with Gasteiger partial charge in [-0.3, -0.25) is 0 Å². The summed E-state index contributed by atoms with van der Waals surface area (Å²) >= 11 is 0. The van der Waals surface area contributed by atoms with Gasteiger partial charge in [0.1, 0.15) is 5.82 Å². The van der Waals surface area contributed by atoms with E-state index in [1.54, 1.807) is 24.3 Å². The van der Waals surface area contributed by atoms with Gasteiger partial charge < -0.3 is 21.6 Å². The predicted octanol–water partition coefficient (Wildman–Crippen LogP) is 2.93. The third kappa shape index (κ3) is 3.69. The zero-order chi connectivity index (χ0) is 20.4. The molecule has 0 saturated carbocycles. The lowest BCUT2D eigenvalue weighted by Gasteiger charge is -2.11. The number of amides is 2. The van der Waals surface area contributed by atoms with Crippen LogP contribution in [0.15, 0.2) is 71.7 Å². The molecule has 2 aromatic carbocycles. The van der Waals surface area contributed by atoms with E-state index in [0.29, 0.717) is 27.3 Å². The number of carbonyl (C=O) groups excluding carboxylic acids is 1. The predicted molar refractivity (Wildman–Crippen MR) is 109 cm³/mol. The van der Waals surface area contributed by atoms with Crippen molar-refractivity contribution in [2.45, 2.75) is 0 Å². The number of aromatic nitrogens is 3. The van der Waals surface area contributed by atoms with Crippen LogP contribution >= 0.6 is 0 Å². The maximum Gasteiger partial charge on any atom is 0.384 e. The van der Waals surface area contributed by atoms with E-state index >= 15 is 0 Å². The quantitative estimate of drug-likeness (QED) is 0.397. The highest BCUT2D eigenvalue weighted by atomic mass is 16.5. The summed E-state index contributed by atoms with van der Waals surface area (Å²) in [5.74, 6) is 0.293. The van der Waals surface area contributed by atoms with Gasteiger partial charge in [0.25, 0.3) is 0 Å². The van der Waals surface area contributed by atoms with Gasteiger partial charge in [0, 0.05) is 17.6 Å². The first-order valence-corrected chi connectivity index (χ1v) is 8.62. The van der Waals surface area contributed by atoms with E-state index in [-0.39, 0.29) is 5.65 Å². The Labute approximate surface area is 164 Å². The molecule has 4 rings (SSSR count). The van der Waals surface area contributed by atoms with Gasteiger partial charge in [-0.25, -0.2) is 14.6 Å². The van der Waals surface area contributed by atoms with Crippen LogP contribution in [0.2, 0.25) is 0 Å². The zero-order valence-electron chi connectivity index (χ0n) is 15.0. The van der Waals surface area contributed by atoms with Gasteiger partial charge in [0.15, 0.2) is 5.65 Å². The number of pyridine rings is 1. The number of benzene rings is 2. The third-order valence-electron chi connectivity index (χ3n) is 4.24. The molecule has 5 N–H and O–H groups in total. The lowest BCUT2D eigenvalue weighted by molar-refractivity contribution is 0.182. The molecule has 0 aliphatic heterocycles. The Morgan fingerprint density at radius 3 is 2.55 bits per heavy atom. The van der Waals surface area contributed by atoms with E-state index in [9.17, 15) is 14.8 Å². The van der Waals surface area contributed by atoms with Crippen LogP contribution < -0.4 is 22.1 Å². The largest absolute Gasteiger partial charge is 0.422 e. The van der Waals surface area contributed by atoms with Gasteiger partial charge in [-0.1, -0.05) is 24.3 Å². The molecule has 9 heteroatoms. The first kappa shape index (κ1) is 18.0. The number of carbonyl (C=O) groups is 1. The molecule has 0 aliphatic rings. The average molecular weight is 388 g/mol. The van der Waals surface area contributed by atoms with E-state index in [4.69, 9.17) is 5.73 Å². The van der Waals surface area contributed by atoms with Crippen LogP contribution in [0.3, 0.4) is 0 Å². The lowest BCUT2D eigenvalue weighted by Crippen LogP contribution is -2.23. The van der Waals surface area contributed by atoms with Crippen molar-refractivity contribution < 1.29 is 10.0 Å². The number of urea groups is 1. The number of nitrogens with one attached hydrogen (secondary N) is 2. The van der Waals surface area contributed by atoms with Crippen molar-refractivity contribution in [2.24, 2.45) is 5.73 Å². The number of nitrogens with zero attached hydrogens (tertiary/aromatic N) is 3. The Balaban J connectivity index is 1.67. The molecular formula is C20H16N6O3. The van der Waals surface area contributed by atoms with Crippen molar-refractivity contribution >= 4 is 34.3 Å². The molecule has 2 aromatic heterocycles. The average Bonchev–Trinajstić information content (AvgIpc) is 2.72. The molecule has 29 heavy (non-hydrogen) atoms. The molecule has 0 saturated heterocycles. The Hall–Kier alpha value is -4.40.